The first-order chi connectivity index (χ1) is 11.8. The van der Waals surface area contributed by atoms with Gasteiger partial charge >= 0.3 is 11.6 Å². The van der Waals surface area contributed by atoms with Crippen LogP contribution in [-0.2, 0) is 5.92 Å². The molecule has 2 aromatic carbocycles. The fraction of sp³-hybridized carbons (Fsp3) is 0.111. The molecule has 2 heterocycles. The maximum atomic E-state index is 14.2. The molecule has 0 atom stereocenters. The van der Waals surface area contributed by atoms with E-state index in [1.54, 1.807) is 18.3 Å². The number of aromatic nitrogens is 3. The van der Waals surface area contributed by atoms with Crippen molar-refractivity contribution in [3.63, 3.8) is 0 Å². The van der Waals surface area contributed by atoms with Gasteiger partial charge in [-0.3, -0.25) is 0 Å². The molecular weight excluding hydrogens is 331 g/mol. The molecule has 2 aromatic heterocycles. The highest BCUT2D eigenvalue weighted by molar-refractivity contribution is 6.03. The van der Waals surface area contributed by atoms with Crippen molar-refractivity contribution in [1.29, 1.82) is 0 Å². The van der Waals surface area contributed by atoms with Crippen LogP contribution in [0.4, 0.5) is 13.2 Å². The zero-order valence-corrected chi connectivity index (χ0v) is 13.1. The lowest BCUT2D eigenvalue weighted by molar-refractivity contribution is -0.516. The number of H-pyrrole nitrogens is 2. The van der Waals surface area contributed by atoms with Crippen LogP contribution >= 0.6 is 0 Å². The Kier molecular flexibility index (Phi) is 3.21. The van der Waals surface area contributed by atoms with Crippen molar-refractivity contribution >= 4 is 21.7 Å². The molecule has 0 saturated carbocycles. The van der Waals surface area contributed by atoms with Crippen LogP contribution < -0.4 is 4.43 Å². The summed E-state index contributed by atoms with van der Waals surface area (Å²) in [4.78, 5) is 12.4. The number of halogens is 3. The molecule has 25 heavy (non-hydrogen) atoms. The van der Waals surface area contributed by atoms with Gasteiger partial charge in [0.05, 0.1) is 20.9 Å². The lowest BCUT2D eigenvalue weighted by atomic mass is 9.94. The van der Waals surface area contributed by atoms with Gasteiger partial charge in [-0.15, -0.1) is 0 Å². The van der Waals surface area contributed by atoms with Crippen LogP contribution in [0.25, 0.3) is 32.8 Å². The SMILES string of the molecule is CC(F)(F)c1c(-c2ccc(F)cc2)c2cc3c[nH][nH]c3cc2c[n+]1=O. The second-order valence-corrected chi connectivity index (χ2v) is 6.01. The summed E-state index contributed by atoms with van der Waals surface area (Å²) in [6, 6.07) is 8.60. The molecule has 0 bridgehead atoms. The van der Waals surface area contributed by atoms with E-state index in [0.717, 1.165) is 17.1 Å². The monoisotopic (exact) mass is 344 g/mol. The number of rotatable bonds is 2. The third-order valence-electron chi connectivity index (χ3n) is 4.19. The highest BCUT2D eigenvalue weighted by atomic mass is 19.3. The van der Waals surface area contributed by atoms with Crippen molar-refractivity contribution in [2.75, 3.05) is 0 Å². The minimum absolute atomic E-state index is 0.100. The van der Waals surface area contributed by atoms with E-state index in [4.69, 9.17) is 0 Å². The van der Waals surface area contributed by atoms with Gasteiger partial charge in [0.15, 0.2) is 0 Å². The van der Waals surface area contributed by atoms with Gasteiger partial charge in [-0.2, -0.15) is 8.78 Å². The van der Waals surface area contributed by atoms with E-state index in [9.17, 15) is 18.1 Å². The summed E-state index contributed by atoms with van der Waals surface area (Å²) >= 11 is 0. The minimum Gasteiger partial charge on any atom is -0.307 e. The molecule has 0 aliphatic rings. The smallest absolute Gasteiger partial charge is 0.307 e. The Morgan fingerprint density at radius 3 is 2.48 bits per heavy atom. The van der Waals surface area contributed by atoms with Crippen LogP contribution in [0.1, 0.15) is 12.6 Å². The Hall–Kier alpha value is -3.09. The topological polar surface area (TPSA) is 54.6 Å². The Morgan fingerprint density at radius 2 is 1.80 bits per heavy atom. The zero-order chi connectivity index (χ0) is 17.8. The molecule has 0 saturated heterocycles. The minimum atomic E-state index is -3.36. The Bertz CT molecular complexity index is 1150. The number of fused-ring (bicyclic) bond motifs is 2. The van der Waals surface area contributed by atoms with E-state index in [1.807, 2.05) is 0 Å². The van der Waals surface area contributed by atoms with Crippen LogP contribution in [0.5, 0.6) is 0 Å². The molecule has 0 amide bonds. The van der Waals surface area contributed by atoms with Crippen molar-refractivity contribution in [1.82, 2.24) is 10.2 Å². The average molecular weight is 344 g/mol. The van der Waals surface area contributed by atoms with Crippen molar-refractivity contribution in [2.45, 2.75) is 12.8 Å². The van der Waals surface area contributed by atoms with E-state index in [1.165, 1.54) is 24.3 Å². The summed E-state index contributed by atoms with van der Waals surface area (Å²) < 4.78 is 41.9. The maximum absolute atomic E-state index is 14.2. The predicted molar refractivity (Wildman–Crippen MR) is 88.5 cm³/mol. The van der Waals surface area contributed by atoms with Crippen LogP contribution in [0.3, 0.4) is 0 Å². The largest absolute Gasteiger partial charge is 0.333 e. The summed E-state index contributed by atoms with van der Waals surface area (Å²) in [5.74, 6) is -3.84. The van der Waals surface area contributed by atoms with Crippen molar-refractivity contribution < 1.29 is 17.6 Å². The molecule has 2 N–H and O–H groups in total. The van der Waals surface area contributed by atoms with Gasteiger partial charge in [0.2, 0.25) is 6.20 Å². The van der Waals surface area contributed by atoms with Gasteiger partial charge in [0, 0.05) is 28.8 Å². The third-order valence-corrected chi connectivity index (χ3v) is 4.19. The molecule has 0 aliphatic heterocycles. The average Bonchev–Trinajstić information content (AvgIpc) is 2.98. The quantitative estimate of drug-likeness (QED) is 0.518. The lowest BCUT2D eigenvalue weighted by Crippen LogP contribution is -2.29. The Balaban J connectivity index is 2.20. The number of pyridine rings is 1. The van der Waals surface area contributed by atoms with Gasteiger partial charge in [-0.05, 0) is 29.8 Å². The van der Waals surface area contributed by atoms with E-state index < -0.39 is 17.4 Å². The van der Waals surface area contributed by atoms with Crippen LogP contribution in [0, 0.1) is 10.7 Å². The number of aromatic amines is 2. The van der Waals surface area contributed by atoms with Gasteiger partial charge in [-0.1, -0.05) is 12.1 Å². The van der Waals surface area contributed by atoms with Crippen LogP contribution in [0.15, 0.2) is 48.8 Å². The lowest BCUT2D eigenvalue weighted by Gasteiger charge is -2.11. The molecular formula is C18H13F3N3O+. The molecule has 4 nitrogen and oxygen atoms in total. The van der Waals surface area contributed by atoms with Crippen molar-refractivity contribution in [3.05, 3.63) is 65.2 Å². The highest BCUT2D eigenvalue weighted by Crippen LogP contribution is 2.38. The summed E-state index contributed by atoms with van der Waals surface area (Å²) in [5.41, 5.74) is 0.536. The highest BCUT2D eigenvalue weighted by Gasteiger charge is 2.40. The van der Waals surface area contributed by atoms with Crippen molar-refractivity contribution in [2.24, 2.45) is 0 Å². The second kappa shape index (κ2) is 5.20. The van der Waals surface area contributed by atoms with E-state index in [-0.39, 0.29) is 9.99 Å². The summed E-state index contributed by atoms with van der Waals surface area (Å²) in [6.07, 6.45) is 2.83. The molecule has 7 heteroatoms. The first-order valence-corrected chi connectivity index (χ1v) is 7.57. The number of hydrogen-bond donors (Lipinski definition) is 2. The van der Waals surface area contributed by atoms with Crippen LogP contribution in [0.2, 0.25) is 0 Å². The van der Waals surface area contributed by atoms with Gasteiger partial charge in [-0.25, -0.2) is 4.39 Å². The molecule has 0 spiro atoms. The fourth-order valence-corrected chi connectivity index (χ4v) is 3.13. The molecule has 0 radical (unpaired) electrons. The summed E-state index contributed by atoms with van der Waals surface area (Å²) in [6.45, 7) is 0.679. The van der Waals surface area contributed by atoms with Crippen molar-refractivity contribution in [3.8, 4) is 11.1 Å². The Morgan fingerprint density at radius 1 is 1.08 bits per heavy atom. The third kappa shape index (κ3) is 2.48. The number of hydrogen-bond acceptors (Lipinski definition) is 1. The normalized spacial score (nSPS) is 12.2. The standard InChI is InChI=1S/C18H13F3N3O/c1-18(20,21)17-16(10-2-4-13(19)5-3-10)14-6-11-8-22-23-15(11)7-12(14)9-24(17)25/h2-9,22-23H,1H3/q+1. The number of nitrogens with zero attached hydrogens (tertiary/aromatic N) is 1. The molecule has 0 fully saturated rings. The number of nitrogens with one attached hydrogen (secondary N) is 2. The van der Waals surface area contributed by atoms with Crippen LogP contribution in [-0.4, -0.2) is 10.2 Å². The second-order valence-electron chi connectivity index (χ2n) is 6.01. The molecule has 4 aromatic rings. The summed E-state index contributed by atoms with van der Waals surface area (Å²) in [5, 5.41) is 7.52. The van der Waals surface area contributed by atoms with E-state index in [2.05, 4.69) is 10.2 Å². The number of alkyl halides is 2. The Labute approximate surface area is 139 Å². The van der Waals surface area contributed by atoms with E-state index >= 15 is 0 Å². The predicted octanol–water partition coefficient (Wildman–Crippen LogP) is 4.48. The number of benzene rings is 2. The summed E-state index contributed by atoms with van der Waals surface area (Å²) in [7, 11) is 0. The van der Waals surface area contributed by atoms with Gasteiger partial charge in [0.1, 0.15) is 5.82 Å². The maximum Gasteiger partial charge on any atom is 0.333 e. The van der Waals surface area contributed by atoms with Gasteiger partial charge < -0.3 is 10.2 Å². The first kappa shape index (κ1) is 15.4. The first-order valence-electron chi connectivity index (χ1n) is 7.57. The molecule has 4 rings (SSSR count). The fourth-order valence-electron chi connectivity index (χ4n) is 3.13. The van der Waals surface area contributed by atoms with Gasteiger partial charge in [0.25, 0.3) is 0 Å². The zero-order valence-electron chi connectivity index (χ0n) is 13.1. The molecule has 0 unspecified atom stereocenters. The molecule has 0 aliphatic carbocycles. The van der Waals surface area contributed by atoms with E-state index in [0.29, 0.717) is 23.3 Å². The molecule has 126 valence electrons.